The predicted molar refractivity (Wildman–Crippen MR) is 78.7 cm³/mol. The van der Waals surface area contributed by atoms with Crippen molar-refractivity contribution >= 4 is 22.9 Å². The average Bonchev–Trinajstić information content (AvgIpc) is 2.42. The van der Waals surface area contributed by atoms with E-state index in [1.807, 2.05) is 18.2 Å². The van der Waals surface area contributed by atoms with Crippen molar-refractivity contribution in [1.29, 1.82) is 0 Å². The Bertz CT molecular complexity index is 594. The number of hydrogen-bond donors (Lipinski definition) is 2. The third-order valence-corrected chi connectivity index (χ3v) is 2.97. The number of nitrogens with two attached hydrogens (primary N) is 1. The fourth-order valence-electron chi connectivity index (χ4n) is 1.75. The van der Waals surface area contributed by atoms with Crippen molar-refractivity contribution in [2.75, 3.05) is 11.9 Å². The number of aromatic nitrogens is 1. The van der Waals surface area contributed by atoms with Gasteiger partial charge in [-0.1, -0.05) is 18.3 Å². The molecule has 2 aromatic rings. The smallest absolute Gasteiger partial charge is 0.150 e. The summed E-state index contributed by atoms with van der Waals surface area (Å²) in [5.74, 6) is -1.43. The van der Waals surface area contributed by atoms with Gasteiger partial charge >= 0.3 is 0 Å². The van der Waals surface area contributed by atoms with Gasteiger partial charge in [-0.15, -0.1) is 0 Å². The Labute approximate surface area is 120 Å². The van der Waals surface area contributed by atoms with Crippen LogP contribution >= 0.6 is 12.2 Å². The van der Waals surface area contributed by atoms with E-state index in [9.17, 15) is 8.78 Å². The van der Waals surface area contributed by atoms with E-state index in [-0.39, 0.29) is 16.2 Å². The molecule has 0 aliphatic rings. The minimum atomic E-state index is -0.714. The Kier molecular flexibility index (Phi) is 4.57. The summed E-state index contributed by atoms with van der Waals surface area (Å²) in [5.41, 5.74) is 6.19. The number of pyridine rings is 1. The Morgan fingerprint density at radius 2 is 1.95 bits per heavy atom. The van der Waals surface area contributed by atoms with Crippen LogP contribution in [0.5, 0.6) is 0 Å². The molecule has 0 saturated heterocycles. The summed E-state index contributed by atoms with van der Waals surface area (Å²) in [6.45, 7) is 0.372. The molecule has 1 aromatic heterocycles. The highest BCUT2D eigenvalue weighted by Gasteiger charge is 2.12. The van der Waals surface area contributed by atoms with Crippen molar-refractivity contribution in [2.24, 2.45) is 5.73 Å². The van der Waals surface area contributed by atoms with Crippen molar-refractivity contribution < 1.29 is 8.78 Å². The maximum atomic E-state index is 13.8. The fraction of sp³-hybridized carbons (Fsp3) is 0.143. The highest BCUT2D eigenvalue weighted by molar-refractivity contribution is 7.80. The van der Waals surface area contributed by atoms with Crippen LogP contribution in [0, 0.1) is 11.6 Å². The van der Waals surface area contributed by atoms with E-state index >= 15 is 0 Å². The van der Waals surface area contributed by atoms with Crippen LogP contribution < -0.4 is 11.1 Å². The molecule has 104 valence electrons. The molecule has 2 rings (SSSR count). The van der Waals surface area contributed by atoms with Crippen LogP contribution in [0.3, 0.4) is 0 Å². The van der Waals surface area contributed by atoms with Gasteiger partial charge < -0.3 is 11.1 Å². The summed E-state index contributed by atoms with van der Waals surface area (Å²) < 4.78 is 27.5. The minimum Gasteiger partial charge on any atom is -0.389 e. The van der Waals surface area contributed by atoms with E-state index < -0.39 is 11.6 Å². The zero-order chi connectivity index (χ0) is 14.5. The fourth-order valence-corrected chi connectivity index (χ4v) is 1.86. The summed E-state index contributed by atoms with van der Waals surface area (Å²) in [5, 5.41) is 2.72. The monoisotopic (exact) mass is 293 g/mol. The second-order valence-corrected chi connectivity index (χ2v) is 4.62. The first kappa shape index (κ1) is 14.3. The molecule has 3 N–H and O–H groups in total. The van der Waals surface area contributed by atoms with Crippen LogP contribution in [0.4, 0.5) is 14.5 Å². The lowest BCUT2D eigenvalue weighted by molar-refractivity contribution is 0.587. The van der Waals surface area contributed by atoms with Gasteiger partial charge in [0.2, 0.25) is 0 Å². The van der Waals surface area contributed by atoms with Crippen molar-refractivity contribution in [3.63, 3.8) is 0 Å². The molecule has 0 saturated carbocycles. The van der Waals surface area contributed by atoms with Gasteiger partial charge in [0.05, 0.1) is 0 Å². The molecular weight excluding hydrogens is 280 g/mol. The van der Waals surface area contributed by atoms with Gasteiger partial charge in [-0.05, 0) is 24.3 Å². The normalized spacial score (nSPS) is 10.3. The van der Waals surface area contributed by atoms with Crippen LogP contribution in [-0.2, 0) is 6.42 Å². The van der Waals surface area contributed by atoms with Gasteiger partial charge in [0.1, 0.15) is 22.3 Å². The third kappa shape index (κ3) is 3.48. The molecule has 3 nitrogen and oxygen atoms in total. The summed E-state index contributed by atoms with van der Waals surface area (Å²) >= 11 is 4.69. The number of rotatable bonds is 5. The van der Waals surface area contributed by atoms with E-state index in [1.54, 1.807) is 6.20 Å². The van der Waals surface area contributed by atoms with Crippen LogP contribution in [0.15, 0.2) is 36.5 Å². The van der Waals surface area contributed by atoms with Crippen LogP contribution in [-0.4, -0.2) is 16.5 Å². The zero-order valence-corrected chi connectivity index (χ0v) is 11.4. The number of thiocarbonyl (C=S) groups is 1. The number of halogens is 2. The van der Waals surface area contributed by atoms with Gasteiger partial charge in [-0.2, -0.15) is 0 Å². The summed E-state index contributed by atoms with van der Waals surface area (Å²) in [7, 11) is 0. The lowest BCUT2D eigenvalue weighted by atomic mass is 10.1. The molecule has 0 spiro atoms. The molecule has 0 aliphatic heterocycles. The molecule has 0 aliphatic carbocycles. The van der Waals surface area contributed by atoms with Crippen molar-refractivity contribution in [1.82, 2.24) is 4.98 Å². The maximum absolute atomic E-state index is 13.8. The van der Waals surface area contributed by atoms with Crippen molar-refractivity contribution in [2.45, 2.75) is 6.42 Å². The van der Waals surface area contributed by atoms with Gasteiger partial charge in [-0.3, -0.25) is 4.98 Å². The molecular formula is C14H13F2N3S. The van der Waals surface area contributed by atoms with Gasteiger partial charge in [0.15, 0.2) is 0 Å². The van der Waals surface area contributed by atoms with E-state index in [2.05, 4.69) is 10.3 Å². The molecule has 1 heterocycles. The maximum Gasteiger partial charge on any atom is 0.150 e. The standard InChI is InChI=1S/C14H13F2N3S/c15-11-7-9(14(17)20)8-12(16)13(11)19-6-4-10-3-1-2-5-18-10/h1-3,5,7-8,19H,4,6H2,(H2,17,20). The second-order valence-electron chi connectivity index (χ2n) is 4.18. The SMILES string of the molecule is NC(=S)c1cc(F)c(NCCc2ccccn2)c(F)c1. The average molecular weight is 293 g/mol. The van der Waals surface area contributed by atoms with Crippen molar-refractivity contribution in [3.05, 3.63) is 59.4 Å². The Morgan fingerprint density at radius 3 is 2.50 bits per heavy atom. The third-order valence-electron chi connectivity index (χ3n) is 2.74. The number of hydrogen-bond acceptors (Lipinski definition) is 3. The number of nitrogens with one attached hydrogen (secondary N) is 1. The molecule has 6 heteroatoms. The van der Waals surface area contributed by atoms with E-state index in [1.165, 1.54) is 0 Å². The predicted octanol–water partition coefficient (Wildman–Crippen LogP) is 2.65. The number of benzene rings is 1. The first-order chi connectivity index (χ1) is 9.58. The van der Waals surface area contributed by atoms with E-state index in [0.717, 1.165) is 17.8 Å². The van der Waals surface area contributed by atoms with E-state index in [0.29, 0.717) is 13.0 Å². The Hall–Kier alpha value is -2.08. The Morgan fingerprint density at radius 1 is 1.25 bits per heavy atom. The Balaban J connectivity index is 2.05. The number of anilines is 1. The molecule has 0 amide bonds. The lowest BCUT2D eigenvalue weighted by Crippen LogP contribution is -2.13. The summed E-state index contributed by atoms with van der Waals surface area (Å²) in [4.78, 5) is 4.09. The minimum absolute atomic E-state index is 0.0390. The first-order valence-electron chi connectivity index (χ1n) is 6.00. The molecule has 0 radical (unpaired) electrons. The van der Waals surface area contributed by atoms with Crippen molar-refractivity contribution in [3.8, 4) is 0 Å². The van der Waals surface area contributed by atoms with Gasteiger partial charge in [0.25, 0.3) is 0 Å². The van der Waals surface area contributed by atoms with Crippen LogP contribution in [0.1, 0.15) is 11.3 Å². The summed E-state index contributed by atoms with van der Waals surface area (Å²) in [6.07, 6.45) is 2.24. The molecule has 0 bridgehead atoms. The molecule has 0 fully saturated rings. The lowest BCUT2D eigenvalue weighted by Gasteiger charge is -2.10. The van der Waals surface area contributed by atoms with E-state index in [4.69, 9.17) is 18.0 Å². The largest absolute Gasteiger partial charge is 0.389 e. The summed E-state index contributed by atoms with van der Waals surface area (Å²) in [6, 6.07) is 7.76. The molecule has 1 aromatic carbocycles. The molecule has 0 atom stereocenters. The van der Waals surface area contributed by atoms with Crippen LogP contribution in [0.25, 0.3) is 0 Å². The van der Waals surface area contributed by atoms with Gasteiger partial charge in [0, 0.05) is 30.4 Å². The molecule has 0 unspecified atom stereocenters. The zero-order valence-electron chi connectivity index (χ0n) is 10.6. The highest BCUT2D eigenvalue weighted by atomic mass is 32.1. The quantitative estimate of drug-likeness (QED) is 0.832. The first-order valence-corrected chi connectivity index (χ1v) is 6.41. The van der Waals surface area contributed by atoms with Crippen LogP contribution in [0.2, 0.25) is 0 Å². The van der Waals surface area contributed by atoms with Gasteiger partial charge in [-0.25, -0.2) is 8.78 Å². The molecule has 20 heavy (non-hydrogen) atoms. The topological polar surface area (TPSA) is 50.9 Å². The number of nitrogens with zero attached hydrogens (tertiary/aromatic N) is 1. The second kappa shape index (κ2) is 6.38. The highest BCUT2D eigenvalue weighted by Crippen LogP contribution is 2.20.